The van der Waals surface area contributed by atoms with E-state index >= 15 is 0 Å². The van der Waals surface area contributed by atoms with Crippen molar-refractivity contribution in [1.29, 1.82) is 0 Å². The molecule has 0 bridgehead atoms. The fourth-order valence-electron chi connectivity index (χ4n) is 3.94. The summed E-state index contributed by atoms with van der Waals surface area (Å²) >= 11 is 0. The second-order valence-electron chi connectivity index (χ2n) is 7.56. The number of nitrogens with zero attached hydrogens (tertiary/aromatic N) is 1. The van der Waals surface area contributed by atoms with Crippen molar-refractivity contribution in [2.45, 2.75) is 45.7 Å². The summed E-state index contributed by atoms with van der Waals surface area (Å²) < 4.78 is 5.41. The van der Waals surface area contributed by atoms with E-state index in [0.717, 1.165) is 29.2 Å². The summed E-state index contributed by atoms with van der Waals surface area (Å²) in [5, 5.41) is 6.38. The molecule has 2 aromatic rings. The van der Waals surface area contributed by atoms with Crippen molar-refractivity contribution < 1.29 is 9.53 Å². The number of hydrogen-bond donors (Lipinski definition) is 2. The van der Waals surface area contributed by atoms with E-state index in [-0.39, 0.29) is 12.5 Å². The van der Waals surface area contributed by atoms with Crippen LogP contribution in [0.2, 0.25) is 0 Å². The summed E-state index contributed by atoms with van der Waals surface area (Å²) in [6, 6.07) is 13.2. The van der Waals surface area contributed by atoms with Crippen LogP contribution in [0.5, 0.6) is 5.75 Å². The average molecular weight is 365 g/mol. The number of fused-ring (bicyclic) bond motifs is 1. The molecule has 0 aliphatic carbocycles. The van der Waals surface area contributed by atoms with Gasteiger partial charge in [-0.1, -0.05) is 6.07 Å². The third-order valence-corrected chi connectivity index (χ3v) is 5.50. The molecule has 2 aliphatic heterocycles. The Hall–Kier alpha value is -2.69. The van der Waals surface area contributed by atoms with Crippen LogP contribution in [0.1, 0.15) is 37.3 Å². The largest absolute Gasteiger partial charge is 0.482 e. The average Bonchev–Trinajstić information content (AvgIpc) is 2.67. The minimum atomic E-state index is -0.106. The number of hydrogen-bond acceptors (Lipinski definition) is 4. The lowest BCUT2D eigenvalue weighted by atomic mass is 10.0. The van der Waals surface area contributed by atoms with Gasteiger partial charge in [0.05, 0.1) is 5.69 Å². The van der Waals surface area contributed by atoms with Crippen LogP contribution in [0.15, 0.2) is 36.4 Å². The van der Waals surface area contributed by atoms with Gasteiger partial charge in [0.25, 0.3) is 5.91 Å². The number of ether oxygens (including phenoxy) is 1. The first-order chi connectivity index (χ1) is 13.1. The summed E-state index contributed by atoms with van der Waals surface area (Å²) in [7, 11) is 0. The monoisotopic (exact) mass is 365 g/mol. The quantitative estimate of drug-likeness (QED) is 0.847. The van der Waals surface area contributed by atoms with Crippen molar-refractivity contribution in [3.8, 4) is 5.75 Å². The molecule has 0 radical (unpaired) electrons. The minimum absolute atomic E-state index is 0.0891. The van der Waals surface area contributed by atoms with E-state index in [1.54, 1.807) is 0 Å². The molecule has 1 saturated heterocycles. The standard InChI is InChI=1S/C22H27N3O2/c1-15-11-18(25-10-4-3-5-16(25)2)7-8-19(15)23-13-17-6-9-21-20(12-17)24-22(26)14-27-21/h6-9,11-12,16,23H,3-5,10,13-14H2,1-2H3,(H,24,26). The summed E-state index contributed by atoms with van der Waals surface area (Å²) in [5.41, 5.74) is 5.56. The zero-order valence-corrected chi connectivity index (χ0v) is 16.0. The molecule has 27 heavy (non-hydrogen) atoms. The van der Waals surface area contributed by atoms with Crippen LogP contribution >= 0.6 is 0 Å². The molecule has 1 fully saturated rings. The molecule has 1 atom stereocenters. The lowest BCUT2D eigenvalue weighted by Gasteiger charge is -2.35. The van der Waals surface area contributed by atoms with Crippen molar-refractivity contribution in [2.24, 2.45) is 0 Å². The molecule has 5 heteroatoms. The highest BCUT2D eigenvalue weighted by molar-refractivity contribution is 5.95. The summed E-state index contributed by atoms with van der Waals surface area (Å²) in [5.74, 6) is 0.625. The van der Waals surface area contributed by atoms with Crippen LogP contribution in [-0.4, -0.2) is 25.1 Å². The van der Waals surface area contributed by atoms with Crippen LogP contribution in [0.3, 0.4) is 0 Å². The second-order valence-corrected chi connectivity index (χ2v) is 7.56. The van der Waals surface area contributed by atoms with Crippen molar-refractivity contribution in [3.63, 3.8) is 0 Å². The molecule has 0 saturated carbocycles. The molecule has 1 amide bonds. The van der Waals surface area contributed by atoms with Gasteiger partial charge in [0.15, 0.2) is 6.61 Å². The van der Waals surface area contributed by atoms with Gasteiger partial charge < -0.3 is 20.3 Å². The van der Waals surface area contributed by atoms with Gasteiger partial charge in [0, 0.05) is 30.5 Å². The smallest absolute Gasteiger partial charge is 0.262 e. The van der Waals surface area contributed by atoms with Gasteiger partial charge in [-0.25, -0.2) is 0 Å². The predicted molar refractivity (Wildman–Crippen MR) is 110 cm³/mol. The summed E-state index contributed by atoms with van der Waals surface area (Å²) in [4.78, 5) is 14.0. The van der Waals surface area contributed by atoms with E-state index in [9.17, 15) is 4.79 Å². The van der Waals surface area contributed by atoms with Crippen molar-refractivity contribution in [3.05, 3.63) is 47.5 Å². The SMILES string of the molecule is Cc1cc(N2CCCCC2C)ccc1NCc1ccc2c(c1)NC(=O)CO2. The first-order valence-electron chi connectivity index (χ1n) is 9.77. The van der Waals surface area contributed by atoms with Crippen molar-refractivity contribution in [1.82, 2.24) is 0 Å². The van der Waals surface area contributed by atoms with Gasteiger partial charge in [0.2, 0.25) is 0 Å². The van der Waals surface area contributed by atoms with Crippen molar-refractivity contribution >= 4 is 23.0 Å². The Kier molecular flexibility index (Phi) is 4.92. The van der Waals surface area contributed by atoms with E-state index in [0.29, 0.717) is 12.6 Å². The molecule has 5 nitrogen and oxygen atoms in total. The van der Waals surface area contributed by atoms with Crippen molar-refractivity contribution in [2.75, 3.05) is 28.7 Å². The zero-order valence-electron chi connectivity index (χ0n) is 16.0. The normalized spacial score (nSPS) is 19.1. The first kappa shape index (κ1) is 17.7. The lowest BCUT2D eigenvalue weighted by molar-refractivity contribution is -0.118. The predicted octanol–water partition coefficient (Wildman–Crippen LogP) is 4.32. The molecule has 2 aromatic carbocycles. The Morgan fingerprint density at radius 1 is 1.22 bits per heavy atom. The van der Waals surface area contributed by atoms with Crippen LogP contribution in [0.4, 0.5) is 17.1 Å². The third-order valence-electron chi connectivity index (χ3n) is 5.50. The number of amides is 1. The fraction of sp³-hybridized carbons (Fsp3) is 0.409. The Morgan fingerprint density at radius 3 is 2.93 bits per heavy atom. The third kappa shape index (κ3) is 3.87. The highest BCUT2D eigenvalue weighted by atomic mass is 16.5. The molecule has 1 unspecified atom stereocenters. The highest BCUT2D eigenvalue weighted by Gasteiger charge is 2.19. The maximum Gasteiger partial charge on any atom is 0.262 e. The van der Waals surface area contributed by atoms with Gasteiger partial charge >= 0.3 is 0 Å². The number of nitrogens with one attached hydrogen (secondary N) is 2. The topological polar surface area (TPSA) is 53.6 Å². The number of rotatable bonds is 4. The fourth-order valence-corrected chi connectivity index (χ4v) is 3.94. The van der Waals surface area contributed by atoms with E-state index in [4.69, 9.17) is 4.74 Å². The maximum absolute atomic E-state index is 11.5. The van der Waals surface area contributed by atoms with E-state index in [2.05, 4.69) is 47.6 Å². The molecule has 2 N–H and O–H groups in total. The number of piperidine rings is 1. The number of benzene rings is 2. The number of anilines is 3. The maximum atomic E-state index is 11.5. The van der Waals surface area contributed by atoms with E-state index in [1.165, 1.54) is 30.5 Å². The molecule has 0 spiro atoms. The Labute approximate surface area is 160 Å². The van der Waals surface area contributed by atoms with Crippen LogP contribution in [0, 0.1) is 6.92 Å². The zero-order chi connectivity index (χ0) is 18.8. The van der Waals surface area contributed by atoms with Crippen LogP contribution in [-0.2, 0) is 11.3 Å². The molecule has 142 valence electrons. The Balaban J connectivity index is 1.44. The molecule has 4 rings (SSSR count). The van der Waals surface area contributed by atoms with E-state index in [1.807, 2.05) is 18.2 Å². The van der Waals surface area contributed by atoms with Crippen LogP contribution < -0.4 is 20.3 Å². The van der Waals surface area contributed by atoms with Gasteiger partial charge in [-0.2, -0.15) is 0 Å². The summed E-state index contributed by atoms with van der Waals surface area (Å²) in [6.07, 6.45) is 3.89. The minimum Gasteiger partial charge on any atom is -0.482 e. The molecule has 2 heterocycles. The first-order valence-corrected chi connectivity index (χ1v) is 9.77. The number of aryl methyl sites for hydroxylation is 1. The van der Waals surface area contributed by atoms with Gasteiger partial charge in [-0.05, 0) is 74.6 Å². The van der Waals surface area contributed by atoms with Gasteiger partial charge in [0.1, 0.15) is 5.75 Å². The van der Waals surface area contributed by atoms with Gasteiger partial charge in [-0.15, -0.1) is 0 Å². The molecule has 2 aliphatic rings. The lowest BCUT2D eigenvalue weighted by Crippen LogP contribution is -2.37. The van der Waals surface area contributed by atoms with E-state index < -0.39 is 0 Å². The number of carbonyl (C=O) groups is 1. The summed E-state index contributed by atoms with van der Waals surface area (Å²) in [6.45, 7) is 6.41. The highest BCUT2D eigenvalue weighted by Crippen LogP contribution is 2.30. The Bertz CT molecular complexity index is 849. The Morgan fingerprint density at radius 2 is 2.11 bits per heavy atom. The molecule has 0 aromatic heterocycles. The number of carbonyl (C=O) groups excluding carboxylic acids is 1. The van der Waals surface area contributed by atoms with Gasteiger partial charge in [-0.3, -0.25) is 4.79 Å². The second kappa shape index (κ2) is 7.51. The van der Waals surface area contributed by atoms with Crippen LogP contribution in [0.25, 0.3) is 0 Å². The molecular formula is C22H27N3O2. The molecular weight excluding hydrogens is 338 g/mol.